The molecule has 0 bridgehead atoms. The number of nitrogens with zero attached hydrogens (tertiary/aromatic N) is 3. The van der Waals surface area contributed by atoms with Gasteiger partial charge in [-0.05, 0) is 48.4 Å². The van der Waals surface area contributed by atoms with Crippen molar-refractivity contribution in [3.05, 3.63) is 96.2 Å². The minimum Gasteiger partial charge on any atom is -0.321 e. The first-order valence-corrected chi connectivity index (χ1v) is 8.06. The van der Waals surface area contributed by atoms with Crippen LogP contribution in [0.15, 0.2) is 79.3 Å². The molecule has 0 atom stereocenters. The van der Waals surface area contributed by atoms with Crippen molar-refractivity contribution in [2.75, 3.05) is 5.32 Å². The van der Waals surface area contributed by atoms with E-state index in [2.05, 4.69) is 27.1 Å². The summed E-state index contributed by atoms with van der Waals surface area (Å²) in [5.74, 6) is 5.79. The van der Waals surface area contributed by atoms with E-state index in [9.17, 15) is 4.79 Å². The number of amides is 1. The topological polar surface area (TPSA) is 59.3 Å². The van der Waals surface area contributed by atoms with Crippen LogP contribution in [0.4, 0.5) is 5.69 Å². The fourth-order valence-corrected chi connectivity index (χ4v) is 2.49. The third-order valence-corrected chi connectivity index (χ3v) is 3.72. The summed E-state index contributed by atoms with van der Waals surface area (Å²) in [6.07, 6.45) is 5.26. The standard InChI is InChI=1S/C21H14N4O/c26-21(19-15-25-13-4-2-9-20(25)24-19)23-18-8-5-6-16(14-18)10-11-17-7-1-3-12-22-17/h1-9,12-15H,(H,23,26). The minimum atomic E-state index is -0.261. The van der Waals surface area contributed by atoms with Gasteiger partial charge in [-0.25, -0.2) is 9.97 Å². The maximum atomic E-state index is 12.4. The molecule has 0 aliphatic heterocycles. The summed E-state index contributed by atoms with van der Waals surface area (Å²) in [6.45, 7) is 0. The first-order valence-electron chi connectivity index (χ1n) is 8.06. The van der Waals surface area contributed by atoms with Crippen molar-refractivity contribution in [3.8, 4) is 11.8 Å². The van der Waals surface area contributed by atoms with Crippen molar-refractivity contribution in [3.63, 3.8) is 0 Å². The van der Waals surface area contributed by atoms with E-state index < -0.39 is 0 Å². The molecule has 26 heavy (non-hydrogen) atoms. The molecule has 0 saturated heterocycles. The summed E-state index contributed by atoms with van der Waals surface area (Å²) < 4.78 is 1.81. The van der Waals surface area contributed by atoms with Crippen molar-refractivity contribution in [1.82, 2.24) is 14.4 Å². The van der Waals surface area contributed by atoms with Crippen LogP contribution in [0.1, 0.15) is 21.7 Å². The smallest absolute Gasteiger partial charge is 0.275 e. The van der Waals surface area contributed by atoms with E-state index >= 15 is 0 Å². The zero-order chi connectivity index (χ0) is 17.8. The third kappa shape index (κ3) is 3.45. The first kappa shape index (κ1) is 15.6. The van der Waals surface area contributed by atoms with Crippen LogP contribution in [-0.4, -0.2) is 20.3 Å². The molecule has 1 aromatic carbocycles. The molecule has 4 rings (SSSR count). The summed E-state index contributed by atoms with van der Waals surface area (Å²) in [4.78, 5) is 20.9. The van der Waals surface area contributed by atoms with Gasteiger partial charge < -0.3 is 9.72 Å². The van der Waals surface area contributed by atoms with Crippen LogP contribution >= 0.6 is 0 Å². The summed E-state index contributed by atoms with van der Waals surface area (Å²) in [5, 5.41) is 2.86. The normalized spacial score (nSPS) is 10.2. The Morgan fingerprint density at radius 1 is 1.00 bits per heavy atom. The van der Waals surface area contributed by atoms with E-state index in [0.717, 1.165) is 11.2 Å². The van der Waals surface area contributed by atoms with Gasteiger partial charge >= 0.3 is 0 Å². The van der Waals surface area contributed by atoms with Gasteiger partial charge in [0.05, 0.1) is 0 Å². The van der Waals surface area contributed by atoms with Crippen molar-refractivity contribution < 1.29 is 4.79 Å². The Morgan fingerprint density at radius 3 is 2.77 bits per heavy atom. The quantitative estimate of drug-likeness (QED) is 0.570. The van der Waals surface area contributed by atoms with Crippen molar-refractivity contribution >= 4 is 17.2 Å². The average Bonchev–Trinajstić information content (AvgIpc) is 3.12. The molecular weight excluding hydrogens is 324 g/mol. The highest BCUT2D eigenvalue weighted by atomic mass is 16.1. The number of imidazole rings is 1. The third-order valence-electron chi connectivity index (χ3n) is 3.72. The maximum Gasteiger partial charge on any atom is 0.275 e. The van der Waals surface area contributed by atoms with E-state index in [1.807, 2.05) is 71.3 Å². The Bertz CT molecular complexity index is 1100. The minimum absolute atomic E-state index is 0.261. The summed E-state index contributed by atoms with van der Waals surface area (Å²) in [7, 11) is 0. The summed E-state index contributed by atoms with van der Waals surface area (Å²) in [6, 6.07) is 18.6. The molecule has 0 aliphatic carbocycles. The van der Waals surface area contributed by atoms with Crippen LogP contribution in [-0.2, 0) is 0 Å². The second-order valence-electron chi connectivity index (χ2n) is 5.59. The van der Waals surface area contributed by atoms with E-state index in [0.29, 0.717) is 17.1 Å². The van der Waals surface area contributed by atoms with Gasteiger partial charge in [-0.1, -0.05) is 24.1 Å². The van der Waals surface area contributed by atoms with Crippen LogP contribution in [0.5, 0.6) is 0 Å². The highest BCUT2D eigenvalue weighted by Gasteiger charge is 2.10. The van der Waals surface area contributed by atoms with Crippen molar-refractivity contribution in [2.45, 2.75) is 0 Å². The number of hydrogen-bond acceptors (Lipinski definition) is 3. The zero-order valence-electron chi connectivity index (χ0n) is 13.8. The van der Waals surface area contributed by atoms with Crippen LogP contribution in [0.3, 0.4) is 0 Å². The largest absolute Gasteiger partial charge is 0.321 e. The van der Waals surface area contributed by atoms with Gasteiger partial charge in [-0.2, -0.15) is 0 Å². The SMILES string of the molecule is O=C(Nc1cccc(C#Cc2ccccn2)c1)c1cn2ccccc2n1. The Labute approximate surface area is 150 Å². The van der Waals surface area contributed by atoms with E-state index in [1.165, 1.54) is 0 Å². The predicted octanol–water partition coefficient (Wildman–Crippen LogP) is 3.38. The van der Waals surface area contributed by atoms with E-state index in [-0.39, 0.29) is 5.91 Å². The van der Waals surface area contributed by atoms with Gasteiger partial charge in [-0.15, -0.1) is 0 Å². The molecule has 0 aliphatic rings. The molecule has 0 spiro atoms. The highest BCUT2D eigenvalue weighted by Crippen LogP contribution is 2.12. The number of carbonyl (C=O) groups excluding carboxylic acids is 1. The molecule has 3 aromatic heterocycles. The van der Waals surface area contributed by atoms with Gasteiger partial charge in [-0.3, -0.25) is 4.79 Å². The van der Waals surface area contributed by atoms with E-state index in [1.54, 1.807) is 12.4 Å². The zero-order valence-corrected chi connectivity index (χ0v) is 13.8. The lowest BCUT2D eigenvalue weighted by Crippen LogP contribution is -2.12. The molecule has 5 nitrogen and oxygen atoms in total. The molecule has 0 fully saturated rings. The van der Waals surface area contributed by atoms with Gasteiger partial charge in [0.15, 0.2) is 0 Å². The van der Waals surface area contributed by atoms with Crippen LogP contribution < -0.4 is 5.32 Å². The molecule has 3 heterocycles. The Balaban J connectivity index is 1.53. The molecule has 0 radical (unpaired) electrons. The molecule has 1 N–H and O–H groups in total. The number of fused-ring (bicyclic) bond motifs is 1. The lowest BCUT2D eigenvalue weighted by molar-refractivity contribution is 0.102. The number of pyridine rings is 2. The molecule has 0 unspecified atom stereocenters. The van der Waals surface area contributed by atoms with Crippen molar-refractivity contribution in [1.29, 1.82) is 0 Å². The van der Waals surface area contributed by atoms with Crippen LogP contribution in [0.2, 0.25) is 0 Å². The van der Waals surface area contributed by atoms with Gasteiger partial charge in [0.2, 0.25) is 0 Å². The first-order chi connectivity index (χ1) is 12.8. The Morgan fingerprint density at radius 2 is 1.92 bits per heavy atom. The van der Waals surface area contributed by atoms with Gasteiger partial charge in [0.25, 0.3) is 5.91 Å². The molecule has 5 heteroatoms. The maximum absolute atomic E-state index is 12.4. The number of carbonyl (C=O) groups is 1. The number of nitrogens with one attached hydrogen (secondary N) is 1. The highest BCUT2D eigenvalue weighted by molar-refractivity contribution is 6.03. The second-order valence-corrected chi connectivity index (χ2v) is 5.59. The fraction of sp³-hybridized carbons (Fsp3) is 0. The summed E-state index contributed by atoms with van der Waals surface area (Å²) >= 11 is 0. The van der Waals surface area contributed by atoms with E-state index in [4.69, 9.17) is 0 Å². The number of anilines is 1. The molecule has 1 amide bonds. The van der Waals surface area contributed by atoms with Crippen LogP contribution in [0, 0.1) is 11.8 Å². The second kappa shape index (κ2) is 6.91. The Hall–Kier alpha value is -3.91. The molecule has 0 saturated carbocycles. The number of benzene rings is 1. The number of hydrogen-bond donors (Lipinski definition) is 1. The fourth-order valence-electron chi connectivity index (χ4n) is 2.49. The van der Waals surface area contributed by atoms with Gasteiger partial charge in [0.1, 0.15) is 17.0 Å². The molecular formula is C21H14N4O. The average molecular weight is 338 g/mol. The Kier molecular flexibility index (Phi) is 4.15. The summed E-state index contributed by atoms with van der Waals surface area (Å²) in [5.41, 5.74) is 3.25. The monoisotopic (exact) mass is 338 g/mol. The van der Waals surface area contributed by atoms with Gasteiger partial charge in [0, 0.05) is 29.8 Å². The molecule has 124 valence electrons. The van der Waals surface area contributed by atoms with Crippen LogP contribution in [0.25, 0.3) is 5.65 Å². The molecule has 4 aromatic rings. The predicted molar refractivity (Wildman–Crippen MR) is 99.8 cm³/mol. The lowest BCUT2D eigenvalue weighted by Gasteiger charge is -2.03. The number of rotatable bonds is 2. The number of aromatic nitrogens is 3. The lowest BCUT2D eigenvalue weighted by atomic mass is 10.2. The van der Waals surface area contributed by atoms with Crippen molar-refractivity contribution in [2.24, 2.45) is 0 Å².